The van der Waals surface area contributed by atoms with Crippen LogP contribution < -0.4 is 14.9 Å². The molecule has 0 aliphatic heterocycles. The van der Waals surface area contributed by atoms with Crippen LogP contribution in [0.15, 0.2) is 53.4 Å². The second-order valence-corrected chi connectivity index (χ2v) is 8.14. The number of nitro groups is 1. The van der Waals surface area contributed by atoms with Crippen molar-refractivity contribution in [3.05, 3.63) is 58.6 Å². The fourth-order valence-electron chi connectivity index (χ4n) is 2.62. The van der Waals surface area contributed by atoms with Crippen LogP contribution in [0.5, 0.6) is 0 Å². The molecule has 12 heteroatoms. The summed E-state index contributed by atoms with van der Waals surface area (Å²) in [5, 5.41) is 13.7. The Kier molecular flexibility index (Phi) is 7.67. The Bertz CT molecular complexity index is 1070. The summed E-state index contributed by atoms with van der Waals surface area (Å²) in [5.74, 6) is -1.48. The number of rotatable bonds is 9. The van der Waals surface area contributed by atoms with Gasteiger partial charge in [0.15, 0.2) is 6.10 Å². The summed E-state index contributed by atoms with van der Waals surface area (Å²) in [5.41, 5.74) is 0.303. The van der Waals surface area contributed by atoms with Crippen LogP contribution in [-0.4, -0.2) is 52.0 Å². The summed E-state index contributed by atoms with van der Waals surface area (Å²) in [7, 11) is -1.25. The average Bonchev–Trinajstić information content (AvgIpc) is 2.76. The molecule has 0 aromatic heterocycles. The maximum Gasteiger partial charge on any atom is 0.321 e. The van der Waals surface area contributed by atoms with Crippen LogP contribution in [-0.2, 0) is 24.3 Å². The molecule has 31 heavy (non-hydrogen) atoms. The van der Waals surface area contributed by atoms with Crippen molar-refractivity contribution in [2.24, 2.45) is 0 Å². The molecule has 0 saturated heterocycles. The third-order valence-corrected chi connectivity index (χ3v) is 5.68. The molecule has 0 saturated carbocycles. The minimum Gasteiger partial charge on any atom is -0.452 e. The number of benzene rings is 2. The Labute approximate surface area is 179 Å². The molecule has 2 N–H and O–H groups in total. The lowest BCUT2D eigenvalue weighted by molar-refractivity contribution is -0.384. The van der Waals surface area contributed by atoms with Gasteiger partial charge in [-0.25, -0.2) is 8.42 Å². The largest absolute Gasteiger partial charge is 0.452 e. The number of nitrogens with zero attached hydrogens (tertiary/aromatic N) is 2. The van der Waals surface area contributed by atoms with Crippen molar-refractivity contribution in [3.8, 4) is 0 Å². The quantitative estimate of drug-likeness (QED) is 0.332. The fourth-order valence-corrected chi connectivity index (χ4v) is 3.61. The molecule has 0 aliphatic carbocycles. The summed E-state index contributed by atoms with van der Waals surface area (Å²) in [6.45, 7) is 0.616. The van der Waals surface area contributed by atoms with Gasteiger partial charge < -0.3 is 15.0 Å². The average molecular weight is 450 g/mol. The predicted molar refractivity (Wildman–Crippen MR) is 113 cm³/mol. The molecular formula is C19H22N4O7S. The Hall–Kier alpha value is -3.51. The number of likely N-dealkylation sites (N-methyl/N-ethyl adjacent to an activating group) is 1. The molecule has 1 unspecified atom stereocenters. The van der Waals surface area contributed by atoms with Crippen molar-refractivity contribution < 1.29 is 27.7 Å². The standard InChI is InChI=1S/C19H22N4O7S/c1-13(19(25)22(3)14-7-5-4-6-8-14)30-18(24)12-21-31(28,29)15-9-10-16(20-2)17(11-15)23(26)27/h4-11,13,20-21H,12H2,1-3H3. The van der Waals surface area contributed by atoms with Crippen molar-refractivity contribution in [2.75, 3.05) is 30.9 Å². The summed E-state index contributed by atoms with van der Waals surface area (Å²) < 4.78 is 31.8. The van der Waals surface area contributed by atoms with Gasteiger partial charge in [0.25, 0.3) is 11.6 Å². The number of esters is 1. The zero-order chi connectivity index (χ0) is 23.2. The monoisotopic (exact) mass is 450 g/mol. The smallest absolute Gasteiger partial charge is 0.321 e. The maximum absolute atomic E-state index is 12.4. The number of para-hydroxylation sites is 1. The van der Waals surface area contributed by atoms with Crippen molar-refractivity contribution >= 4 is 39.0 Å². The van der Waals surface area contributed by atoms with Crippen molar-refractivity contribution in [2.45, 2.75) is 17.9 Å². The van der Waals surface area contributed by atoms with Crippen LogP contribution in [0.2, 0.25) is 0 Å². The van der Waals surface area contributed by atoms with E-state index in [4.69, 9.17) is 4.74 Å². The highest BCUT2D eigenvalue weighted by Crippen LogP contribution is 2.27. The molecule has 2 rings (SSSR count). The lowest BCUT2D eigenvalue weighted by Crippen LogP contribution is -2.39. The third kappa shape index (κ3) is 5.99. The second kappa shape index (κ2) is 10.00. The molecule has 1 amide bonds. The Morgan fingerprint density at radius 1 is 1.19 bits per heavy atom. The van der Waals surface area contributed by atoms with E-state index in [1.807, 2.05) is 4.72 Å². The first-order valence-electron chi connectivity index (χ1n) is 9.04. The highest BCUT2D eigenvalue weighted by atomic mass is 32.2. The molecule has 2 aromatic rings. The van der Waals surface area contributed by atoms with Gasteiger partial charge in [-0.15, -0.1) is 0 Å². The van der Waals surface area contributed by atoms with Gasteiger partial charge in [-0.2, -0.15) is 4.72 Å². The Morgan fingerprint density at radius 2 is 1.84 bits per heavy atom. The van der Waals surface area contributed by atoms with E-state index in [-0.39, 0.29) is 10.6 Å². The van der Waals surface area contributed by atoms with E-state index < -0.39 is 45.2 Å². The van der Waals surface area contributed by atoms with Gasteiger partial charge in [-0.05, 0) is 31.2 Å². The van der Waals surface area contributed by atoms with Crippen LogP contribution in [0, 0.1) is 10.1 Å². The lowest BCUT2D eigenvalue weighted by Gasteiger charge is -2.21. The van der Waals surface area contributed by atoms with E-state index in [0.717, 1.165) is 12.1 Å². The molecule has 0 heterocycles. The second-order valence-electron chi connectivity index (χ2n) is 6.38. The number of nitro benzene ring substituents is 1. The zero-order valence-electron chi connectivity index (χ0n) is 17.1. The molecule has 0 bridgehead atoms. The minimum absolute atomic E-state index is 0.137. The van der Waals surface area contributed by atoms with Gasteiger partial charge in [-0.1, -0.05) is 18.2 Å². The molecular weight excluding hydrogens is 428 g/mol. The fraction of sp³-hybridized carbons (Fsp3) is 0.263. The lowest BCUT2D eigenvalue weighted by atomic mass is 10.2. The topological polar surface area (TPSA) is 148 Å². The van der Waals surface area contributed by atoms with Gasteiger partial charge in [-0.3, -0.25) is 19.7 Å². The molecule has 166 valence electrons. The van der Waals surface area contributed by atoms with E-state index in [0.29, 0.717) is 5.69 Å². The zero-order valence-corrected chi connectivity index (χ0v) is 17.9. The highest BCUT2D eigenvalue weighted by Gasteiger charge is 2.25. The van der Waals surface area contributed by atoms with Gasteiger partial charge >= 0.3 is 5.97 Å². The third-order valence-electron chi connectivity index (χ3n) is 4.28. The van der Waals surface area contributed by atoms with Crippen molar-refractivity contribution in [3.63, 3.8) is 0 Å². The Balaban J connectivity index is 2.00. The first kappa shape index (κ1) is 23.8. The van der Waals surface area contributed by atoms with E-state index in [1.165, 1.54) is 32.0 Å². The molecule has 2 aromatic carbocycles. The molecule has 0 spiro atoms. The first-order valence-corrected chi connectivity index (χ1v) is 10.5. The number of nitrogens with one attached hydrogen (secondary N) is 2. The first-order chi connectivity index (χ1) is 14.6. The number of ether oxygens (including phenoxy) is 1. The minimum atomic E-state index is -4.23. The van der Waals surface area contributed by atoms with Gasteiger partial charge in [0, 0.05) is 25.8 Å². The molecule has 1 atom stereocenters. The number of amides is 1. The van der Waals surface area contributed by atoms with Crippen LogP contribution in [0.3, 0.4) is 0 Å². The van der Waals surface area contributed by atoms with Crippen LogP contribution >= 0.6 is 0 Å². The normalized spacial score (nSPS) is 12.0. The Morgan fingerprint density at radius 3 is 2.42 bits per heavy atom. The molecule has 11 nitrogen and oxygen atoms in total. The number of hydrogen-bond donors (Lipinski definition) is 2. The molecule has 0 fully saturated rings. The van der Waals surface area contributed by atoms with Crippen LogP contribution in [0.1, 0.15) is 6.92 Å². The maximum atomic E-state index is 12.4. The SMILES string of the molecule is CNc1ccc(S(=O)(=O)NCC(=O)OC(C)C(=O)N(C)c2ccccc2)cc1[N+](=O)[O-]. The number of carbonyl (C=O) groups is 2. The highest BCUT2D eigenvalue weighted by molar-refractivity contribution is 7.89. The van der Waals surface area contributed by atoms with E-state index >= 15 is 0 Å². The van der Waals surface area contributed by atoms with Gasteiger partial charge in [0.05, 0.1) is 9.82 Å². The summed E-state index contributed by atoms with van der Waals surface area (Å²) in [4.78, 5) is 35.7. The number of carbonyl (C=O) groups excluding carboxylic acids is 2. The van der Waals surface area contributed by atoms with Crippen molar-refractivity contribution in [1.82, 2.24) is 4.72 Å². The van der Waals surface area contributed by atoms with Crippen LogP contribution in [0.25, 0.3) is 0 Å². The molecule has 0 aliphatic rings. The van der Waals surface area contributed by atoms with E-state index in [2.05, 4.69) is 5.32 Å². The molecule has 0 radical (unpaired) electrons. The van der Waals surface area contributed by atoms with Crippen molar-refractivity contribution in [1.29, 1.82) is 0 Å². The van der Waals surface area contributed by atoms with E-state index in [9.17, 15) is 28.1 Å². The predicted octanol–water partition coefficient (Wildman–Crippen LogP) is 1.51. The van der Waals surface area contributed by atoms with E-state index in [1.54, 1.807) is 30.3 Å². The summed E-state index contributed by atoms with van der Waals surface area (Å²) in [6.07, 6.45) is -1.15. The number of hydrogen-bond acceptors (Lipinski definition) is 8. The summed E-state index contributed by atoms with van der Waals surface area (Å²) in [6, 6.07) is 12.0. The van der Waals surface area contributed by atoms with Gasteiger partial charge in [0.2, 0.25) is 10.0 Å². The van der Waals surface area contributed by atoms with Crippen LogP contribution in [0.4, 0.5) is 17.1 Å². The number of anilines is 2. The number of sulfonamides is 1. The summed E-state index contributed by atoms with van der Waals surface area (Å²) >= 11 is 0. The van der Waals surface area contributed by atoms with Gasteiger partial charge in [0.1, 0.15) is 12.2 Å².